The number of methoxy groups -OCH3 is 1. The van der Waals surface area contributed by atoms with Crippen LogP contribution in [-0.4, -0.2) is 33.1 Å². The third kappa shape index (κ3) is 10.6. The molecule has 0 aromatic heterocycles. The van der Waals surface area contributed by atoms with E-state index < -0.39 is 0 Å². The Kier molecular flexibility index (Phi) is 17.1. The Hall–Kier alpha value is -1.10. The molecule has 0 aliphatic heterocycles. The molecule has 2 amide bonds. The van der Waals surface area contributed by atoms with Gasteiger partial charge in [0.05, 0.1) is 0 Å². The molecule has 0 heterocycles. The summed E-state index contributed by atoms with van der Waals surface area (Å²) in [6, 6.07) is 0. The predicted octanol–water partition coefficient (Wildman–Crippen LogP) is 2.73. The number of rotatable bonds is 3. The average Bonchev–Trinajstić information content (AvgIpc) is 3.11. The fourth-order valence-corrected chi connectivity index (χ4v) is 3.22. The predicted molar refractivity (Wildman–Crippen MR) is 91.4 cm³/mol. The van der Waals surface area contributed by atoms with Crippen LogP contribution in [0.2, 0.25) is 0 Å². The molecule has 2 aliphatic carbocycles. The van der Waals surface area contributed by atoms with Gasteiger partial charge in [-0.05, 0) is 37.5 Å². The summed E-state index contributed by atoms with van der Waals surface area (Å²) in [4.78, 5) is 19.8. The van der Waals surface area contributed by atoms with Crippen molar-refractivity contribution in [2.24, 2.45) is 23.5 Å². The average molecular weight is 316 g/mol. The molecule has 2 saturated carbocycles. The van der Waals surface area contributed by atoms with E-state index in [2.05, 4.69) is 15.8 Å². The highest BCUT2D eigenvalue weighted by atomic mass is 16.5. The zero-order chi connectivity index (χ0) is 17.4. The Balaban J connectivity index is 0. The van der Waals surface area contributed by atoms with Crippen molar-refractivity contribution in [2.75, 3.05) is 20.8 Å². The number of hydrogen-bond donors (Lipinski definition) is 2. The first kappa shape index (κ1) is 23.2. The lowest BCUT2D eigenvalue weighted by Crippen LogP contribution is -2.20. The first-order valence-corrected chi connectivity index (χ1v) is 8.47. The number of nitrogens with one attached hydrogen (secondary N) is 1. The van der Waals surface area contributed by atoms with E-state index in [9.17, 15) is 4.79 Å². The monoisotopic (exact) mass is 316 g/mol. The molecule has 2 fully saturated rings. The molecule has 5 heteroatoms. The van der Waals surface area contributed by atoms with Crippen LogP contribution in [0.1, 0.15) is 59.3 Å². The van der Waals surface area contributed by atoms with Gasteiger partial charge in [0, 0.05) is 27.2 Å². The maximum atomic E-state index is 11.2. The fraction of sp³-hybridized carbons (Fsp3) is 0.882. The number of amides is 2. The van der Waals surface area contributed by atoms with Gasteiger partial charge in [-0.3, -0.25) is 9.59 Å². The van der Waals surface area contributed by atoms with Crippen LogP contribution in [0.5, 0.6) is 0 Å². The summed E-state index contributed by atoms with van der Waals surface area (Å²) in [6.07, 6.45) is 7.94. The molecule has 0 aromatic carbocycles. The zero-order valence-corrected chi connectivity index (χ0v) is 15.1. The standard InChI is InChI=1S/C11H19NO.C3H8O.C2H6.CH3NO/c1-12-11(13)7-8-5-9-3-2-4-10(9)6-8;1-3-4-2;1-2;2-1-3/h8-10H,2-7H2,1H3,(H,12,13);3H2,1-2H3;1-2H3;1H,(H2,2,3)/t8?,9-,10+;;;. The second kappa shape index (κ2) is 16.3. The van der Waals surface area contributed by atoms with Gasteiger partial charge in [0.15, 0.2) is 0 Å². The summed E-state index contributed by atoms with van der Waals surface area (Å²) in [7, 11) is 3.41. The van der Waals surface area contributed by atoms with Crippen LogP contribution >= 0.6 is 0 Å². The van der Waals surface area contributed by atoms with Gasteiger partial charge < -0.3 is 15.8 Å². The molecule has 0 spiro atoms. The third-order valence-electron chi connectivity index (χ3n) is 4.13. The highest BCUT2D eigenvalue weighted by Crippen LogP contribution is 2.47. The van der Waals surface area contributed by atoms with Gasteiger partial charge in [0.2, 0.25) is 12.3 Å². The van der Waals surface area contributed by atoms with Crippen molar-refractivity contribution in [3.8, 4) is 0 Å². The first-order chi connectivity index (χ1) is 10.6. The lowest BCUT2D eigenvalue weighted by atomic mass is 9.99. The van der Waals surface area contributed by atoms with E-state index in [0.717, 1.165) is 24.9 Å². The Morgan fingerprint density at radius 1 is 1.27 bits per heavy atom. The van der Waals surface area contributed by atoms with Crippen molar-refractivity contribution >= 4 is 12.3 Å². The zero-order valence-electron chi connectivity index (χ0n) is 15.1. The van der Waals surface area contributed by atoms with Crippen molar-refractivity contribution < 1.29 is 14.3 Å². The molecule has 0 aromatic rings. The lowest BCUT2D eigenvalue weighted by Gasteiger charge is -2.08. The van der Waals surface area contributed by atoms with Crippen molar-refractivity contribution in [1.29, 1.82) is 0 Å². The smallest absolute Gasteiger partial charge is 0.220 e. The van der Waals surface area contributed by atoms with Crippen LogP contribution in [0.15, 0.2) is 0 Å². The van der Waals surface area contributed by atoms with Gasteiger partial charge >= 0.3 is 0 Å². The van der Waals surface area contributed by atoms with Crippen LogP contribution in [-0.2, 0) is 14.3 Å². The molecule has 2 aliphatic rings. The molecule has 0 saturated heterocycles. The summed E-state index contributed by atoms with van der Waals surface area (Å²) in [6.45, 7) is 6.78. The lowest BCUT2D eigenvalue weighted by molar-refractivity contribution is -0.121. The van der Waals surface area contributed by atoms with Gasteiger partial charge in [-0.15, -0.1) is 0 Å². The van der Waals surface area contributed by atoms with E-state index in [-0.39, 0.29) is 12.3 Å². The van der Waals surface area contributed by atoms with Crippen LogP contribution in [0, 0.1) is 17.8 Å². The van der Waals surface area contributed by atoms with Gasteiger partial charge in [0.1, 0.15) is 0 Å². The maximum Gasteiger partial charge on any atom is 0.220 e. The molecule has 2 rings (SSSR count). The van der Waals surface area contributed by atoms with E-state index in [1.807, 2.05) is 20.8 Å². The highest BCUT2D eigenvalue weighted by molar-refractivity contribution is 5.75. The van der Waals surface area contributed by atoms with Crippen LogP contribution in [0.25, 0.3) is 0 Å². The molecule has 132 valence electrons. The molecule has 3 atom stereocenters. The molecule has 5 nitrogen and oxygen atoms in total. The van der Waals surface area contributed by atoms with E-state index >= 15 is 0 Å². The van der Waals surface area contributed by atoms with Gasteiger partial charge in [-0.1, -0.05) is 33.1 Å². The highest BCUT2D eigenvalue weighted by Gasteiger charge is 2.37. The van der Waals surface area contributed by atoms with Crippen LogP contribution < -0.4 is 11.1 Å². The van der Waals surface area contributed by atoms with E-state index in [1.165, 1.54) is 32.1 Å². The Morgan fingerprint density at radius 2 is 1.68 bits per heavy atom. The summed E-state index contributed by atoms with van der Waals surface area (Å²) in [5.74, 6) is 2.85. The Morgan fingerprint density at radius 3 is 2.00 bits per heavy atom. The van der Waals surface area contributed by atoms with Gasteiger partial charge in [-0.25, -0.2) is 0 Å². The van der Waals surface area contributed by atoms with Crippen molar-refractivity contribution in [3.63, 3.8) is 0 Å². The second-order valence-corrected chi connectivity index (χ2v) is 5.38. The molecular weight excluding hydrogens is 280 g/mol. The van der Waals surface area contributed by atoms with E-state index in [0.29, 0.717) is 5.92 Å². The normalized spacial score (nSPS) is 24.3. The fourth-order valence-electron chi connectivity index (χ4n) is 3.22. The van der Waals surface area contributed by atoms with Gasteiger partial charge in [0.25, 0.3) is 0 Å². The number of fused-ring (bicyclic) bond motifs is 1. The molecule has 3 N–H and O–H groups in total. The Labute approximate surface area is 136 Å². The molecule has 0 radical (unpaired) electrons. The van der Waals surface area contributed by atoms with Gasteiger partial charge in [-0.2, -0.15) is 0 Å². The summed E-state index contributed by atoms with van der Waals surface area (Å²) < 4.78 is 4.54. The van der Waals surface area contributed by atoms with E-state index in [1.54, 1.807) is 14.2 Å². The SMILES string of the molecule is CC.CCOC.CNC(=O)CC1C[C@H]2CCC[C@H]2C1.NC=O. The molecule has 0 bridgehead atoms. The third-order valence-corrected chi connectivity index (χ3v) is 4.13. The number of carbonyl (C=O) groups is 2. The molecule has 22 heavy (non-hydrogen) atoms. The minimum absolute atomic E-state index is 0.227. The molecular formula is C17H36N2O3. The van der Waals surface area contributed by atoms with Crippen LogP contribution in [0.4, 0.5) is 0 Å². The number of carbonyl (C=O) groups excluding carboxylic acids is 2. The Bertz CT molecular complexity index is 259. The summed E-state index contributed by atoms with van der Waals surface area (Å²) >= 11 is 0. The molecule has 1 unspecified atom stereocenters. The maximum absolute atomic E-state index is 11.2. The largest absolute Gasteiger partial charge is 0.385 e. The summed E-state index contributed by atoms with van der Waals surface area (Å²) in [5, 5.41) is 2.72. The van der Waals surface area contributed by atoms with E-state index in [4.69, 9.17) is 4.79 Å². The number of nitrogens with two attached hydrogens (primary N) is 1. The van der Waals surface area contributed by atoms with Crippen LogP contribution in [0.3, 0.4) is 0 Å². The van der Waals surface area contributed by atoms with Crippen molar-refractivity contribution in [1.82, 2.24) is 5.32 Å². The minimum atomic E-state index is 0.227. The topological polar surface area (TPSA) is 81.4 Å². The number of primary amides is 1. The van der Waals surface area contributed by atoms with Crippen molar-refractivity contribution in [3.05, 3.63) is 0 Å². The quantitative estimate of drug-likeness (QED) is 0.785. The number of hydrogen-bond acceptors (Lipinski definition) is 3. The summed E-state index contributed by atoms with van der Waals surface area (Å²) in [5.41, 5.74) is 4.17. The number of ether oxygens (including phenoxy) is 1. The van der Waals surface area contributed by atoms with Crippen molar-refractivity contribution in [2.45, 2.75) is 59.3 Å². The minimum Gasteiger partial charge on any atom is -0.385 e. The first-order valence-electron chi connectivity index (χ1n) is 8.47. The second-order valence-electron chi connectivity index (χ2n) is 5.38.